The molecule has 1 N–H and O–H groups in total. The number of carbonyl (C=O) groups excluding carboxylic acids is 2. The summed E-state index contributed by atoms with van der Waals surface area (Å²) in [5.74, 6) is -1.13. The van der Waals surface area contributed by atoms with E-state index >= 15 is 0 Å². The third-order valence-electron chi connectivity index (χ3n) is 3.71. The standard InChI is InChI=1S/C18H16Cl3N3O4/c1-2-7-23(10-17(25)22-15-6-4-11(19)8-14(15)21)18(26)13-5-3-12(20)9-16(13)24(27)28/h3-6,8-9H,2,7,10H2,1H3,(H,22,25). The van der Waals surface area contributed by atoms with Crippen molar-refractivity contribution in [2.75, 3.05) is 18.4 Å². The van der Waals surface area contributed by atoms with Gasteiger partial charge in [0.05, 0.1) is 15.6 Å². The molecule has 0 fully saturated rings. The molecular weight excluding hydrogens is 429 g/mol. The van der Waals surface area contributed by atoms with E-state index in [9.17, 15) is 19.7 Å². The van der Waals surface area contributed by atoms with Crippen molar-refractivity contribution in [1.29, 1.82) is 0 Å². The lowest BCUT2D eigenvalue weighted by molar-refractivity contribution is -0.385. The summed E-state index contributed by atoms with van der Waals surface area (Å²) >= 11 is 17.6. The quantitative estimate of drug-likeness (QED) is 0.478. The lowest BCUT2D eigenvalue weighted by Gasteiger charge is -2.22. The van der Waals surface area contributed by atoms with Gasteiger partial charge in [-0.25, -0.2) is 0 Å². The summed E-state index contributed by atoms with van der Waals surface area (Å²) < 4.78 is 0. The Hall–Kier alpha value is -2.35. The molecule has 0 aliphatic carbocycles. The molecule has 0 aliphatic rings. The van der Waals surface area contributed by atoms with Gasteiger partial charge in [-0.3, -0.25) is 19.7 Å². The van der Waals surface area contributed by atoms with Crippen LogP contribution in [0.3, 0.4) is 0 Å². The first kappa shape index (κ1) is 21.9. The van der Waals surface area contributed by atoms with Crippen molar-refractivity contribution in [3.63, 3.8) is 0 Å². The minimum atomic E-state index is -0.684. The maximum Gasteiger partial charge on any atom is 0.283 e. The Morgan fingerprint density at radius 3 is 2.36 bits per heavy atom. The number of halogens is 3. The Bertz CT molecular complexity index is 921. The number of hydrogen-bond acceptors (Lipinski definition) is 4. The molecule has 148 valence electrons. The summed E-state index contributed by atoms with van der Waals surface area (Å²) in [5.41, 5.74) is -0.211. The van der Waals surface area contributed by atoms with Crippen molar-refractivity contribution < 1.29 is 14.5 Å². The molecule has 2 aromatic rings. The largest absolute Gasteiger partial charge is 0.329 e. The predicted molar refractivity (Wildman–Crippen MR) is 109 cm³/mol. The monoisotopic (exact) mass is 443 g/mol. The second kappa shape index (κ2) is 9.73. The first-order valence-corrected chi connectivity index (χ1v) is 9.34. The molecule has 0 aromatic heterocycles. The molecule has 28 heavy (non-hydrogen) atoms. The number of benzene rings is 2. The number of amides is 2. The van der Waals surface area contributed by atoms with Gasteiger partial charge < -0.3 is 10.2 Å². The van der Waals surface area contributed by atoms with Gasteiger partial charge in [0.15, 0.2) is 0 Å². The van der Waals surface area contributed by atoms with Crippen LogP contribution in [0, 0.1) is 10.1 Å². The van der Waals surface area contributed by atoms with Crippen LogP contribution < -0.4 is 5.32 Å². The number of anilines is 1. The van der Waals surface area contributed by atoms with Crippen molar-refractivity contribution in [1.82, 2.24) is 4.90 Å². The Balaban J connectivity index is 2.22. The number of nitrogens with one attached hydrogen (secondary N) is 1. The molecule has 0 radical (unpaired) electrons. The van der Waals surface area contributed by atoms with Gasteiger partial charge in [-0.05, 0) is 36.8 Å². The summed E-state index contributed by atoms with van der Waals surface area (Å²) in [4.78, 5) is 37.0. The number of carbonyl (C=O) groups is 2. The van der Waals surface area contributed by atoms with Crippen LogP contribution in [0.15, 0.2) is 36.4 Å². The maximum absolute atomic E-state index is 12.8. The molecule has 0 heterocycles. The highest BCUT2D eigenvalue weighted by Gasteiger charge is 2.26. The highest BCUT2D eigenvalue weighted by molar-refractivity contribution is 6.36. The molecule has 0 bridgehead atoms. The average Bonchev–Trinajstić information content (AvgIpc) is 2.63. The summed E-state index contributed by atoms with van der Waals surface area (Å²) in [6.45, 7) is 1.76. The fraction of sp³-hybridized carbons (Fsp3) is 0.222. The molecular formula is C18H16Cl3N3O4. The highest BCUT2D eigenvalue weighted by Crippen LogP contribution is 2.26. The fourth-order valence-corrected chi connectivity index (χ4v) is 3.11. The minimum Gasteiger partial charge on any atom is -0.329 e. The molecule has 0 saturated carbocycles. The van der Waals surface area contributed by atoms with Crippen LogP contribution in [0.1, 0.15) is 23.7 Å². The third-order valence-corrected chi connectivity index (χ3v) is 4.49. The fourth-order valence-electron chi connectivity index (χ4n) is 2.48. The van der Waals surface area contributed by atoms with E-state index in [0.29, 0.717) is 17.1 Å². The first-order chi connectivity index (χ1) is 13.2. The molecule has 2 rings (SSSR count). The van der Waals surface area contributed by atoms with Crippen LogP contribution in [0.2, 0.25) is 15.1 Å². The van der Waals surface area contributed by atoms with Gasteiger partial charge in [-0.1, -0.05) is 41.7 Å². The van der Waals surface area contributed by atoms with Gasteiger partial charge in [0.1, 0.15) is 12.1 Å². The smallest absolute Gasteiger partial charge is 0.283 e. The predicted octanol–water partition coefficient (Wildman–Crippen LogP) is 5.05. The zero-order valence-corrected chi connectivity index (χ0v) is 17.0. The lowest BCUT2D eigenvalue weighted by Crippen LogP contribution is -2.38. The van der Waals surface area contributed by atoms with Gasteiger partial charge in [0, 0.05) is 22.7 Å². The van der Waals surface area contributed by atoms with E-state index in [2.05, 4.69) is 5.32 Å². The Labute approximate surface area is 176 Å². The normalized spacial score (nSPS) is 10.4. The second-order valence-electron chi connectivity index (χ2n) is 5.82. The lowest BCUT2D eigenvalue weighted by atomic mass is 10.1. The Morgan fingerprint density at radius 1 is 1.11 bits per heavy atom. The van der Waals surface area contributed by atoms with Crippen LogP contribution in [0.25, 0.3) is 0 Å². The van der Waals surface area contributed by atoms with Crippen molar-refractivity contribution >= 4 is 58.0 Å². The SMILES string of the molecule is CCCN(CC(=O)Nc1ccc(Cl)cc1Cl)C(=O)c1ccc(Cl)cc1[N+](=O)[O-]. The van der Waals surface area contributed by atoms with E-state index in [4.69, 9.17) is 34.8 Å². The minimum absolute atomic E-state index is 0.139. The van der Waals surface area contributed by atoms with Gasteiger partial charge in [0.2, 0.25) is 5.91 Å². The number of rotatable bonds is 7. The Kier molecular flexibility index (Phi) is 7.62. The van der Waals surface area contributed by atoms with E-state index in [1.54, 1.807) is 12.1 Å². The van der Waals surface area contributed by atoms with Gasteiger partial charge in [-0.15, -0.1) is 0 Å². The van der Waals surface area contributed by atoms with Crippen LogP contribution in [-0.2, 0) is 4.79 Å². The summed E-state index contributed by atoms with van der Waals surface area (Å²) in [7, 11) is 0. The molecule has 2 amide bonds. The summed E-state index contributed by atoms with van der Waals surface area (Å²) in [5, 5.41) is 14.7. The van der Waals surface area contributed by atoms with Crippen LogP contribution in [0.4, 0.5) is 11.4 Å². The van der Waals surface area contributed by atoms with Crippen molar-refractivity contribution in [2.45, 2.75) is 13.3 Å². The van der Waals surface area contributed by atoms with Gasteiger partial charge >= 0.3 is 0 Å². The molecule has 2 aromatic carbocycles. The van der Waals surface area contributed by atoms with E-state index < -0.39 is 22.4 Å². The second-order valence-corrected chi connectivity index (χ2v) is 7.10. The van der Waals surface area contributed by atoms with E-state index in [-0.39, 0.29) is 28.7 Å². The third kappa shape index (κ3) is 5.58. The van der Waals surface area contributed by atoms with Crippen LogP contribution in [0.5, 0.6) is 0 Å². The first-order valence-electron chi connectivity index (χ1n) is 8.21. The van der Waals surface area contributed by atoms with Gasteiger partial charge in [-0.2, -0.15) is 0 Å². The molecule has 7 nitrogen and oxygen atoms in total. The molecule has 0 atom stereocenters. The van der Waals surface area contributed by atoms with E-state index in [1.165, 1.54) is 23.1 Å². The number of nitrogens with zero attached hydrogens (tertiary/aromatic N) is 2. The van der Waals surface area contributed by atoms with Crippen molar-refractivity contribution in [2.24, 2.45) is 0 Å². The number of nitro groups is 1. The molecule has 0 saturated heterocycles. The zero-order chi connectivity index (χ0) is 20.8. The summed E-state index contributed by atoms with van der Waals surface area (Å²) in [6, 6.07) is 8.35. The Morgan fingerprint density at radius 2 is 1.75 bits per heavy atom. The average molecular weight is 445 g/mol. The topological polar surface area (TPSA) is 92.6 Å². The molecule has 0 unspecified atom stereocenters. The van der Waals surface area contributed by atoms with Crippen molar-refractivity contribution in [3.05, 3.63) is 67.1 Å². The molecule has 10 heteroatoms. The van der Waals surface area contributed by atoms with Gasteiger partial charge in [0.25, 0.3) is 11.6 Å². The molecule has 0 aliphatic heterocycles. The van der Waals surface area contributed by atoms with E-state index in [0.717, 1.165) is 6.07 Å². The number of nitro benzene ring substituents is 1. The molecule has 0 spiro atoms. The summed E-state index contributed by atoms with van der Waals surface area (Å²) in [6.07, 6.45) is 0.558. The van der Waals surface area contributed by atoms with Crippen LogP contribution in [-0.4, -0.2) is 34.7 Å². The maximum atomic E-state index is 12.8. The van der Waals surface area contributed by atoms with Crippen LogP contribution >= 0.6 is 34.8 Å². The van der Waals surface area contributed by atoms with Crippen molar-refractivity contribution in [3.8, 4) is 0 Å². The highest BCUT2D eigenvalue weighted by atomic mass is 35.5. The van der Waals surface area contributed by atoms with E-state index in [1.807, 2.05) is 6.92 Å². The zero-order valence-electron chi connectivity index (χ0n) is 14.7. The number of hydrogen-bond donors (Lipinski definition) is 1.